The molecule has 0 saturated carbocycles. The van der Waals surface area contributed by atoms with Gasteiger partial charge in [-0.25, -0.2) is 0 Å². The van der Waals surface area contributed by atoms with Crippen LogP contribution in [0.1, 0.15) is 18.4 Å². The van der Waals surface area contributed by atoms with Crippen LogP contribution < -0.4 is 10.6 Å². The van der Waals surface area contributed by atoms with Crippen LogP contribution in [-0.2, 0) is 6.54 Å². The Morgan fingerprint density at radius 3 is 2.67 bits per heavy atom. The predicted molar refractivity (Wildman–Crippen MR) is 61.8 cm³/mol. The summed E-state index contributed by atoms with van der Waals surface area (Å²) in [5, 5.41) is 9.24. The summed E-state index contributed by atoms with van der Waals surface area (Å²) in [6.07, 6.45) is 2.26. The Labute approximate surface area is 90.5 Å². The maximum Gasteiger partial charge on any atom is 0.0635 e. The number of benzene rings is 1. The second kappa shape index (κ2) is 4.64. The van der Waals surface area contributed by atoms with Crippen LogP contribution in [0.25, 0.3) is 0 Å². The highest BCUT2D eigenvalue weighted by Crippen LogP contribution is 2.25. The lowest BCUT2D eigenvalue weighted by Gasteiger charge is -2.25. The van der Waals surface area contributed by atoms with Gasteiger partial charge in [-0.2, -0.15) is 0 Å². The third kappa shape index (κ3) is 2.13. The highest BCUT2D eigenvalue weighted by molar-refractivity contribution is 5.49. The average Bonchev–Trinajstić information content (AvgIpc) is 2.77. The molecule has 2 rings (SSSR count). The molecule has 1 aliphatic heterocycles. The SMILES string of the molecule is NCc1ccc(N2CCCC2CO)cc1. The van der Waals surface area contributed by atoms with Gasteiger partial charge in [0.2, 0.25) is 0 Å². The molecule has 0 spiro atoms. The third-order valence-electron chi connectivity index (χ3n) is 3.09. The molecule has 1 heterocycles. The minimum Gasteiger partial charge on any atom is -0.394 e. The Balaban J connectivity index is 2.14. The van der Waals surface area contributed by atoms with Gasteiger partial charge in [-0.3, -0.25) is 0 Å². The lowest BCUT2D eigenvalue weighted by molar-refractivity contribution is 0.266. The van der Waals surface area contributed by atoms with Gasteiger partial charge in [0.15, 0.2) is 0 Å². The van der Waals surface area contributed by atoms with E-state index in [2.05, 4.69) is 29.2 Å². The lowest BCUT2D eigenvalue weighted by atomic mass is 10.2. The molecule has 1 atom stereocenters. The van der Waals surface area contributed by atoms with Gasteiger partial charge in [0.05, 0.1) is 12.6 Å². The molecule has 1 fully saturated rings. The molecule has 0 bridgehead atoms. The molecule has 1 aromatic rings. The molecule has 0 aromatic heterocycles. The zero-order chi connectivity index (χ0) is 10.7. The van der Waals surface area contributed by atoms with Crippen molar-refractivity contribution in [3.05, 3.63) is 29.8 Å². The molecule has 0 radical (unpaired) electrons. The van der Waals surface area contributed by atoms with E-state index in [9.17, 15) is 5.11 Å². The van der Waals surface area contributed by atoms with Gasteiger partial charge < -0.3 is 15.7 Å². The molecule has 82 valence electrons. The zero-order valence-electron chi connectivity index (χ0n) is 8.89. The molecular weight excluding hydrogens is 188 g/mol. The molecule has 0 aliphatic carbocycles. The molecular formula is C12H18N2O. The Kier molecular flexibility index (Phi) is 3.23. The van der Waals surface area contributed by atoms with Gasteiger partial charge in [-0.15, -0.1) is 0 Å². The van der Waals surface area contributed by atoms with E-state index in [0.29, 0.717) is 12.6 Å². The largest absolute Gasteiger partial charge is 0.394 e. The standard InChI is InChI=1S/C12H18N2O/c13-8-10-3-5-11(6-4-10)14-7-1-2-12(14)9-15/h3-6,12,15H,1-2,7-9,13H2. The number of nitrogens with zero attached hydrogens (tertiary/aromatic N) is 1. The molecule has 0 amide bonds. The Morgan fingerprint density at radius 2 is 2.07 bits per heavy atom. The molecule has 3 N–H and O–H groups in total. The molecule has 1 unspecified atom stereocenters. The lowest BCUT2D eigenvalue weighted by Crippen LogP contribution is -2.31. The van der Waals surface area contributed by atoms with Crippen LogP contribution in [0, 0.1) is 0 Å². The number of aliphatic hydroxyl groups is 1. The van der Waals surface area contributed by atoms with Gasteiger partial charge in [-0.05, 0) is 30.5 Å². The van der Waals surface area contributed by atoms with Crippen molar-refractivity contribution in [3.8, 4) is 0 Å². The quantitative estimate of drug-likeness (QED) is 0.778. The maximum atomic E-state index is 9.24. The van der Waals surface area contributed by atoms with E-state index in [1.54, 1.807) is 0 Å². The van der Waals surface area contributed by atoms with Crippen molar-refractivity contribution in [1.82, 2.24) is 0 Å². The van der Waals surface area contributed by atoms with Gasteiger partial charge in [0, 0.05) is 18.8 Å². The van der Waals surface area contributed by atoms with Crippen molar-refractivity contribution in [2.75, 3.05) is 18.1 Å². The zero-order valence-corrected chi connectivity index (χ0v) is 8.89. The second-order valence-corrected chi connectivity index (χ2v) is 4.04. The van der Waals surface area contributed by atoms with Crippen LogP contribution in [-0.4, -0.2) is 24.3 Å². The Morgan fingerprint density at radius 1 is 1.33 bits per heavy atom. The summed E-state index contributed by atoms with van der Waals surface area (Å²) >= 11 is 0. The minimum absolute atomic E-state index is 0.249. The number of anilines is 1. The van der Waals surface area contributed by atoms with Crippen LogP contribution in [0.4, 0.5) is 5.69 Å². The van der Waals surface area contributed by atoms with Gasteiger partial charge in [-0.1, -0.05) is 12.1 Å². The minimum atomic E-state index is 0.249. The van der Waals surface area contributed by atoms with E-state index in [1.165, 1.54) is 12.1 Å². The first-order valence-corrected chi connectivity index (χ1v) is 5.51. The molecule has 15 heavy (non-hydrogen) atoms. The first kappa shape index (κ1) is 10.5. The average molecular weight is 206 g/mol. The normalized spacial score (nSPS) is 20.9. The summed E-state index contributed by atoms with van der Waals surface area (Å²) in [6, 6.07) is 8.60. The highest BCUT2D eigenvalue weighted by Gasteiger charge is 2.23. The monoisotopic (exact) mass is 206 g/mol. The first-order valence-electron chi connectivity index (χ1n) is 5.51. The van der Waals surface area contributed by atoms with Gasteiger partial charge >= 0.3 is 0 Å². The van der Waals surface area contributed by atoms with E-state index in [0.717, 1.165) is 18.5 Å². The fourth-order valence-electron chi connectivity index (χ4n) is 2.19. The van der Waals surface area contributed by atoms with Crippen molar-refractivity contribution in [1.29, 1.82) is 0 Å². The summed E-state index contributed by atoms with van der Waals surface area (Å²) in [6.45, 7) is 1.88. The summed E-state index contributed by atoms with van der Waals surface area (Å²) in [5.41, 5.74) is 7.90. The van der Waals surface area contributed by atoms with Crippen LogP contribution in [0.3, 0.4) is 0 Å². The summed E-state index contributed by atoms with van der Waals surface area (Å²) in [4.78, 5) is 2.28. The van der Waals surface area contributed by atoms with Gasteiger partial charge in [0.1, 0.15) is 0 Å². The topological polar surface area (TPSA) is 49.5 Å². The molecule has 1 aromatic carbocycles. The highest BCUT2D eigenvalue weighted by atomic mass is 16.3. The summed E-state index contributed by atoms with van der Waals surface area (Å²) < 4.78 is 0. The van der Waals surface area contributed by atoms with Crippen LogP contribution in [0.15, 0.2) is 24.3 Å². The molecule has 1 aliphatic rings. The first-order chi connectivity index (χ1) is 7.35. The number of hydrogen-bond donors (Lipinski definition) is 2. The number of rotatable bonds is 3. The molecule has 3 nitrogen and oxygen atoms in total. The van der Waals surface area contributed by atoms with Crippen molar-refractivity contribution in [2.45, 2.75) is 25.4 Å². The fraction of sp³-hybridized carbons (Fsp3) is 0.500. The molecule has 1 saturated heterocycles. The Bertz CT molecular complexity index is 310. The van der Waals surface area contributed by atoms with Crippen molar-refractivity contribution in [3.63, 3.8) is 0 Å². The number of aliphatic hydroxyl groups excluding tert-OH is 1. The number of nitrogens with two attached hydrogens (primary N) is 1. The third-order valence-corrected chi connectivity index (χ3v) is 3.09. The summed E-state index contributed by atoms with van der Waals surface area (Å²) in [5.74, 6) is 0. The van der Waals surface area contributed by atoms with E-state index in [1.807, 2.05) is 0 Å². The van der Waals surface area contributed by atoms with E-state index in [-0.39, 0.29) is 6.61 Å². The van der Waals surface area contributed by atoms with Crippen molar-refractivity contribution >= 4 is 5.69 Å². The van der Waals surface area contributed by atoms with E-state index in [4.69, 9.17) is 5.73 Å². The fourth-order valence-corrected chi connectivity index (χ4v) is 2.19. The van der Waals surface area contributed by atoms with Crippen molar-refractivity contribution in [2.24, 2.45) is 5.73 Å². The predicted octanol–water partition coefficient (Wildman–Crippen LogP) is 1.11. The van der Waals surface area contributed by atoms with Gasteiger partial charge in [0.25, 0.3) is 0 Å². The van der Waals surface area contributed by atoms with Crippen molar-refractivity contribution < 1.29 is 5.11 Å². The number of hydrogen-bond acceptors (Lipinski definition) is 3. The maximum absolute atomic E-state index is 9.24. The van der Waals surface area contributed by atoms with E-state index >= 15 is 0 Å². The summed E-state index contributed by atoms with van der Waals surface area (Å²) in [7, 11) is 0. The van der Waals surface area contributed by atoms with Crippen LogP contribution >= 0.6 is 0 Å². The second-order valence-electron chi connectivity index (χ2n) is 4.04. The smallest absolute Gasteiger partial charge is 0.0635 e. The molecule has 3 heteroatoms. The Hall–Kier alpha value is -1.06. The van der Waals surface area contributed by atoms with Crippen LogP contribution in [0.5, 0.6) is 0 Å². The van der Waals surface area contributed by atoms with Crippen LogP contribution in [0.2, 0.25) is 0 Å². The van der Waals surface area contributed by atoms with E-state index < -0.39 is 0 Å².